The van der Waals surface area contributed by atoms with Gasteiger partial charge in [-0.05, 0) is 51.6 Å². The van der Waals surface area contributed by atoms with E-state index in [-0.39, 0.29) is 0 Å². The third-order valence-electron chi connectivity index (χ3n) is 1.86. The highest BCUT2D eigenvalue weighted by molar-refractivity contribution is 14.1. The molecule has 0 fully saturated rings. The van der Waals surface area contributed by atoms with E-state index >= 15 is 0 Å². The normalized spacial score (nSPS) is 10.7. The lowest BCUT2D eigenvalue weighted by Gasteiger charge is -2.00. The zero-order valence-electron chi connectivity index (χ0n) is 7.63. The van der Waals surface area contributed by atoms with E-state index in [1.54, 1.807) is 0 Å². The molecule has 13 heavy (non-hydrogen) atoms. The second kappa shape index (κ2) is 6.15. The molecule has 0 aliphatic rings. The summed E-state index contributed by atoms with van der Waals surface area (Å²) in [6.07, 6.45) is 5.11. The van der Waals surface area contributed by atoms with Crippen molar-refractivity contribution in [1.29, 1.82) is 0 Å². The standard InChI is InChI=1S/C8H13I2N3/c1-2-3-4-5-6-13-8(10)7(9)11-12-13/h2-6H2,1H3. The molecule has 74 valence electrons. The maximum Gasteiger partial charge on any atom is 0.157 e. The Labute approximate surface area is 106 Å². The highest BCUT2D eigenvalue weighted by Crippen LogP contribution is 2.12. The molecule has 0 unspecified atom stereocenters. The van der Waals surface area contributed by atoms with Crippen molar-refractivity contribution in [2.45, 2.75) is 39.2 Å². The molecule has 0 amide bonds. The average molecular weight is 405 g/mol. The van der Waals surface area contributed by atoms with Crippen LogP contribution in [0.3, 0.4) is 0 Å². The van der Waals surface area contributed by atoms with E-state index in [9.17, 15) is 0 Å². The molecule has 0 bridgehead atoms. The molecule has 1 aromatic rings. The summed E-state index contributed by atoms with van der Waals surface area (Å²) in [5.41, 5.74) is 0. The molecular weight excluding hydrogens is 392 g/mol. The fourth-order valence-electron chi connectivity index (χ4n) is 1.11. The predicted molar refractivity (Wildman–Crippen MR) is 69.6 cm³/mol. The predicted octanol–water partition coefficient (Wildman–Crippen LogP) is 3.07. The van der Waals surface area contributed by atoms with Gasteiger partial charge in [0.05, 0.1) is 0 Å². The lowest BCUT2D eigenvalue weighted by molar-refractivity contribution is 0.520. The van der Waals surface area contributed by atoms with Crippen molar-refractivity contribution in [3.63, 3.8) is 0 Å². The number of aryl methyl sites for hydroxylation is 1. The van der Waals surface area contributed by atoms with E-state index in [4.69, 9.17) is 0 Å². The van der Waals surface area contributed by atoms with Gasteiger partial charge in [-0.15, -0.1) is 5.10 Å². The Balaban J connectivity index is 2.32. The lowest BCUT2D eigenvalue weighted by atomic mass is 10.2. The summed E-state index contributed by atoms with van der Waals surface area (Å²) in [4.78, 5) is 0. The molecule has 1 rings (SSSR count). The second-order valence-corrected chi connectivity index (χ2v) is 5.00. The Hall–Kier alpha value is 0.600. The molecule has 3 nitrogen and oxygen atoms in total. The van der Waals surface area contributed by atoms with Gasteiger partial charge < -0.3 is 0 Å². The van der Waals surface area contributed by atoms with Crippen molar-refractivity contribution in [3.8, 4) is 0 Å². The van der Waals surface area contributed by atoms with E-state index in [0.717, 1.165) is 13.9 Å². The zero-order chi connectivity index (χ0) is 9.68. The largest absolute Gasteiger partial charge is 0.238 e. The van der Waals surface area contributed by atoms with Crippen molar-refractivity contribution in [2.24, 2.45) is 0 Å². The number of nitrogens with zero attached hydrogens (tertiary/aromatic N) is 3. The van der Waals surface area contributed by atoms with Gasteiger partial charge in [0.25, 0.3) is 0 Å². The Kier molecular flexibility index (Phi) is 5.52. The van der Waals surface area contributed by atoms with E-state index in [2.05, 4.69) is 62.4 Å². The number of hydrogen-bond donors (Lipinski definition) is 0. The van der Waals surface area contributed by atoms with Crippen molar-refractivity contribution in [2.75, 3.05) is 0 Å². The minimum atomic E-state index is 1.01. The number of hydrogen-bond acceptors (Lipinski definition) is 2. The molecule has 0 aliphatic heterocycles. The molecule has 0 aromatic carbocycles. The third kappa shape index (κ3) is 3.69. The average Bonchev–Trinajstić information content (AvgIpc) is 2.43. The van der Waals surface area contributed by atoms with Gasteiger partial charge >= 0.3 is 0 Å². The number of rotatable bonds is 5. The number of aromatic nitrogens is 3. The van der Waals surface area contributed by atoms with Crippen LogP contribution in [0.25, 0.3) is 0 Å². The smallest absolute Gasteiger partial charge is 0.157 e. The van der Waals surface area contributed by atoms with Crippen LogP contribution in [-0.4, -0.2) is 15.0 Å². The summed E-state index contributed by atoms with van der Waals surface area (Å²) in [7, 11) is 0. The molecule has 1 aromatic heterocycles. The molecule has 0 spiro atoms. The van der Waals surface area contributed by atoms with Gasteiger partial charge in [-0.25, -0.2) is 4.68 Å². The summed E-state index contributed by atoms with van der Waals surface area (Å²) < 4.78 is 4.15. The first-order valence-corrected chi connectivity index (χ1v) is 6.66. The molecule has 1 heterocycles. The first-order valence-electron chi connectivity index (χ1n) is 4.50. The van der Waals surface area contributed by atoms with Gasteiger partial charge in [-0.2, -0.15) is 0 Å². The second-order valence-electron chi connectivity index (χ2n) is 2.95. The van der Waals surface area contributed by atoms with E-state index in [1.165, 1.54) is 25.7 Å². The summed E-state index contributed by atoms with van der Waals surface area (Å²) >= 11 is 4.50. The third-order valence-corrected chi connectivity index (χ3v) is 4.69. The van der Waals surface area contributed by atoms with Crippen LogP contribution in [0.4, 0.5) is 0 Å². The van der Waals surface area contributed by atoms with Crippen LogP contribution < -0.4 is 0 Å². The molecule has 0 aliphatic carbocycles. The highest BCUT2D eigenvalue weighted by Gasteiger charge is 2.05. The molecule has 0 radical (unpaired) electrons. The molecular formula is C8H13I2N3. The summed E-state index contributed by atoms with van der Waals surface area (Å²) in [5, 5.41) is 8.07. The zero-order valence-corrected chi connectivity index (χ0v) is 11.9. The van der Waals surface area contributed by atoms with Gasteiger partial charge in [-0.3, -0.25) is 0 Å². The van der Waals surface area contributed by atoms with Crippen LogP contribution >= 0.6 is 45.2 Å². The van der Waals surface area contributed by atoms with Gasteiger partial charge in [0.15, 0.2) is 3.70 Å². The summed E-state index contributed by atoms with van der Waals surface area (Å²) in [6, 6.07) is 0. The van der Waals surface area contributed by atoms with Crippen LogP contribution in [0.2, 0.25) is 0 Å². The van der Waals surface area contributed by atoms with E-state index in [1.807, 2.05) is 4.68 Å². The van der Waals surface area contributed by atoms with E-state index in [0.29, 0.717) is 0 Å². The Morgan fingerprint density at radius 3 is 2.54 bits per heavy atom. The van der Waals surface area contributed by atoms with E-state index < -0.39 is 0 Å². The molecule has 0 atom stereocenters. The Morgan fingerprint density at radius 1 is 1.23 bits per heavy atom. The van der Waals surface area contributed by atoms with Gasteiger partial charge in [0.1, 0.15) is 3.70 Å². The minimum Gasteiger partial charge on any atom is -0.238 e. The van der Waals surface area contributed by atoms with Gasteiger partial charge in [0, 0.05) is 6.54 Å². The van der Waals surface area contributed by atoms with Crippen LogP contribution in [-0.2, 0) is 6.54 Å². The maximum absolute atomic E-state index is 4.06. The molecule has 0 saturated carbocycles. The minimum absolute atomic E-state index is 1.01. The van der Waals surface area contributed by atoms with Gasteiger partial charge in [0.2, 0.25) is 0 Å². The monoisotopic (exact) mass is 405 g/mol. The van der Waals surface area contributed by atoms with Crippen LogP contribution in [0.1, 0.15) is 32.6 Å². The SMILES string of the molecule is CCCCCCn1nnc(I)c1I. The van der Waals surface area contributed by atoms with Crippen molar-refractivity contribution in [1.82, 2.24) is 15.0 Å². The highest BCUT2D eigenvalue weighted by atomic mass is 127. The van der Waals surface area contributed by atoms with Crippen LogP contribution in [0.15, 0.2) is 0 Å². The summed E-state index contributed by atoms with van der Waals surface area (Å²) in [6.45, 7) is 3.23. The van der Waals surface area contributed by atoms with Crippen molar-refractivity contribution in [3.05, 3.63) is 7.40 Å². The Bertz CT molecular complexity index is 260. The summed E-state index contributed by atoms with van der Waals surface area (Å²) in [5.74, 6) is 0. The molecule has 0 saturated heterocycles. The maximum atomic E-state index is 4.06. The number of halogens is 2. The number of unbranched alkanes of at least 4 members (excludes halogenated alkanes) is 3. The van der Waals surface area contributed by atoms with Crippen LogP contribution in [0, 0.1) is 7.40 Å². The lowest BCUT2D eigenvalue weighted by Crippen LogP contribution is -2.02. The molecule has 5 heteroatoms. The van der Waals surface area contributed by atoms with Crippen molar-refractivity contribution < 1.29 is 0 Å². The quantitative estimate of drug-likeness (QED) is 0.557. The fourth-order valence-corrected chi connectivity index (χ4v) is 1.93. The van der Waals surface area contributed by atoms with Gasteiger partial charge in [-0.1, -0.05) is 31.4 Å². The molecule has 0 N–H and O–H groups in total. The Morgan fingerprint density at radius 2 is 2.00 bits per heavy atom. The van der Waals surface area contributed by atoms with Crippen molar-refractivity contribution >= 4 is 45.2 Å². The topological polar surface area (TPSA) is 30.7 Å². The fraction of sp³-hybridized carbons (Fsp3) is 0.750. The first kappa shape index (κ1) is 11.7. The first-order chi connectivity index (χ1) is 6.25. The van der Waals surface area contributed by atoms with Crippen LogP contribution in [0.5, 0.6) is 0 Å².